The number of methoxy groups -OCH3 is 4. The third-order valence-corrected chi connectivity index (χ3v) is 27.9. The normalized spacial score (nSPS) is 28.0. The summed E-state index contributed by atoms with van der Waals surface area (Å²) in [6.07, 6.45) is 4.60. The van der Waals surface area contributed by atoms with E-state index in [2.05, 4.69) is 97.2 Å². The zero-order valence-electron chi connectivity index (χ0n) is 61.7. The molecule has 24 nitrogen and oxygen atoms in total. The Morgan fingerprint density at radius 1 is 0.600 bits per heavy atom. The second-order valence-corrected chi connectivity index (χ2v) is 33.7. The van der Waals surface area contributed by atoms with Crippen molar-refractivity contribution in [2.45, 2.75) is 151 Å². The number of ketones is 2. The number of rotatable bonds is 24. The average Bonchev–Trinajstić information content (AvgIpc) is 1.47. The number of piperidine rings is 2. The number of piperazine rings is 2. The van der Waals surface area contributed by atoms with E-state index in [0.717, 1.165) is 43.8 Å². The minimum absolute atomic E-state index is 0.0308. The van der Waals surface area contributed by atoms with Crippen molar-refractivity contribution in [1.29, 1.82) is 10.5 Å². The topological polar surface area (TPSA) is 275 Å². The number of hydrogen-bond acceptors (Lipinski definition) is 24. The number of Topliss-reactive ketones (excluding diaryl/α,β-unsaturated/α-hetero) is 2. The van der Waals surface area contributed by atoms with Crippen molar-refractivity contribution >= 4 is 30.3 Å². The Hall–Kier alpha value is -8.22. The van der Waals surface area contributed by atoms with E-state index in [9.17, 15) is 35.4 Å². The van der Waals surface area contributed by atoms with Crippen LogP contribution in [0.2, 0.25) is 5.04 Å². The van der Waals surface area contributed by atoms with Crippen molar-refractivity contribution in [3.05, 3.63) is 177 Å². The van der Waals surface area contributed by atoms with Crippen molar-refractivity contribution in [3.8, 4) is 35.1 Å². The van der Waals surface area contributed by atoms with Gasteiger partial charge in [0.1, 0.15) is 12.1 Å². The molecule has 0 saturated carbocycles. The summed E-state index contributed by atoms with van der Waals surface area (Å²) in [6.45, 7) is 23.7. The van der Waals surface area contributed by atoms with Crippen molar-refractivity contribution in [2.75, 3.05) is 108 Å². The third-order valence-electron chi connectivity index (χ3n) is 22.9. The van der Waals surface area contributed by atoms with Gasteiger partial charge in [0.05, 0.1) is 90.2 Å². The molecule has 25 heteroatoms. The molecular weight excluding hydrogens is 1360 g/mol. The van der Waals surface area contributed by atoms with Crippen LogP contribution in [0, 0.1) is 36.5 Å². The summed E-state index contributed by atoms with van der Waals surface area (Å²) in [4.78, 5) is 37.5. The fourth-order valence-electron chi connectivity index (χ4n) is 18.9. The highest BCUT2D eigenvalue weighted by Gasteiger charge is 2.68. The predicted molar refractivity (Wildman–Crippen MR) is 387 cm³/mol. The molecule has 4 bridgehead atoms. The molecule has 4 aromatic carbocycles. The van der Waals surface area contributed by atoms with Gasteiger partial charge in [0.25, 0.3) is 8.32 Å². The van der Waals surface area contributed by atoms with Crippen LogP contribution in [0.15, 0.2) is 143 Å². The summed E-state index contributed by atoms with van der Waals surface area (Å²) >= 11 is 0. The number of carbonyl (C=O) groups is 2. The maximum absolute atomic E-state index is 14.9. The minimum atomic E-state index is -3.20. The zero-order valence-corrected chi connectivity index (χ0v) is 62.7. The lowest BCUT2D eigenvalue weighted by Gasteiger charge is -2.63. The SMILES string of the molecule is C=CCN1[C@@H]2c3c(cc(C)c(OC)c3OCOCCOC)C[C@H]1[C@H](C#N)N1C2CC2(O)C(=O)C(C)=C3OCOC3=C2[C@@H]1CO.C=CCN1[C@@H]2c3c(cc(C)c(OC)c3OCOCCOC)C[C@H]1[C@H](C#N)N1C2CC2(O)C(=O)C(C)=C3OCOC3=C2[C@@H]1CO[Si](c1ccccc1)(c1ccccc1)C(C)(C)C. The summed E-state index contributed by atoms with van der Waals surface area (Å²) in [5.41, 5.74) is 2.65. The maximum Gasteiger partial charge on any atom is 0.261 e. The van der Waals surface area contributed by atoms with Crippen LogP contribution in [0.25, 0.3) is 0 Å². The summed E-state index contributed by atoms with van der Waals surface area (Å²) in [5.74, 6) is 2.42. The highest BCUT2D eigenvalue weighted by Crippen LogP contribution is 2.60. The van der Waals surface area contributed by atoms with E-state index in [0.29, 0.717) is 98.0 Å². The van der Waals surface area contributed by atoms with Gasteiger partial charge in [0.2, 0.25) is 13.6 Å². The van der Waals surface area contributed by atoms with E-state index in [1.54, 1.807) is 48.4 Å². The molecule has 105 heavy (non-hydrogen) atoms. The van der Waals surface area contributed by atoms with Gasteiger partial charge in [-0.05, 0) is 78.2 Å². The van der Waals surface area contributed by atoms with E-state index < -0.39 is 86.0 Å². The number of aliphatic hydroxyl groups is 3. The van der Waals surface area contributed by atoms with Gasteiger partial charge < -0.3 is 76.6 Å². The molecule has 4 aromatic rings. The van der Waals surface area contributed by atoms with Crippen molar-refractivity contribution in [1.82, 2.24) is 19.6 Å². The first-order valence-corrected chi connectivity index (χ1v) is 37.8. The fraction of sp³-hybridized carbons (Fsp3) is 0.500. The van der Waals surface area contributed by atoms with E-state index in [1.165, 1.54) is 0 Å². The summed E-state index contributed by atoms with van der Waals surface area (Å²) in [6, 6.07) is 24.4. The van der Waals surface area contributed by atoms with Crippen LogP contribution in [0.1, 0.15) is 92.9 Å². The van der Waals surface area contributed by atoms with Gasteiger partial charge >= 0.3 is 0 Å². The number of aliphatic hydroxyl groups excluding tert-OH is 1. The number of nitriles is 2. The molecule has 0 amide bonds. The molecule has 6 saturated heterocycles. The number of carbonyl (C=O) groups excluding carboxylic acids is 2. The lowest BCUT2D eigenvalue weighted by Crippen LogP contribution is -2.75. The Morgan fingerprint density at radius 2 is 1.01 bits per heavy atom. The number of fused-ring (bicyclic) bond motifs is 16. The molecule has 12 atom stereocenters. The smallest absolute Gasteiger partial charge is 0.261 e. The monoisotopic (exact) mass is 1460 g/mol. The van der Waals surface area contributed by atoms with E-state index in [-0.39, 0.29) is 86.4 Å². The highest BCUT2D eigenvalue weighted by molar-refractivity contribution is 6.99. The molecule has 6 fully saturated rings. The largest absolute Gasteiger partial charge is 0.493 e. The molecule has 0 radical (unpaired) electrons. The first kappa shape index (κ1) is 75.0. The zero-order chi connectivity index (χ0) is 74.6. The fourth-order valence-corrected chi connectivity index (χ4v) is 23.5. The molecule has 14 rings (SSSR count). The number of ether oxygens (including phenoxy) is 12. The molecular formula is C80H96N6O18Si. The van der Waals surface area contributed by atoms with Gasteiger partial charge in [-0.2, -0.15) is 10.5 Å². The molecule has 8 heterocycles. The van der Waals surface area contributed by atoms with E-state index in [4.69, 9.17) is 61.3 Å². The van der Waals surface area contributed by atoms with Crippen LogP contribution >= 0.6 is 0 Å². The van der Waals surface area contributed by atoms with Gasteiger partial charge in [0.15, 0.2) is 82.4 Å². The standard InChI is InChI=1S/C48H57N3O9Si.C32H39N3O9/c1-9-20-50-35-24-32-23-30(2)42(55-8)44(57-28-56-22-21-54-7)39(32)41(50)36-25-48(53)40(45-43(58-29-59-45)31(3)46(48)52)38(51(36)37(35)26-49)27-60-61(47(4,5)6,33-16-12-10-13-17-33)34-18-14-11-15-19-34;1-6-7-34-20-11-19-10-17(2)27(40-5)29(42-15-41-9-8-39-4)24(19)26(34)21-12-32(38)25(23(14-36)35(21)22(20)13-33)30-28(43-16-44-30)18(3)31(32)37/h9-19,23,35-38,41,53H,1,20-22,24-25,27-29H2,2-8H3;6,10,20-23,26,36,38H,1,7-9,11-12,14-16H2,2-5H3/t35-,36?,37-,38-,41-,48?;20-,21?,22-,23-,26-,32?/m00/s1. The van der Waals surface area contributed by atoms with Crippen LogP contribution in [0.3, 0.4) is 0 Å². The second kappa shape index (κ2) is 30.2. The highest BCUT2D eigenvalue weighted by atomic mass is 28.4. The molecule has 3 N–H and O–H groups in total. The molecule has 10 aliphatic rings. The van der Waals surface area contributed by atoms with Gasteiger partial charge in [-0.25, -0.2) is 0 Å². The second-order valence-electron chi connectivity index (χ2n) is 29.3. The summed E-state index contributed by atoms with van der Waals surface area (Å²) < 4.78 is 78.0. The molecule has 4 unspecified atom stereocenters. The predicted octanol–water partition coefficient (Wildman–Crippen LogP) is 6.87. The number of nitrogens with zero attached hydrogens (tertiary/aromatic N) is 6. The minimum Gasteiger partial charge on any atom is -0.493 e. The van der Waals surface area contributed by atoms with Crippen LogP contribution < -0.4 is 29.3 Å². The lowest BCUT2D eigenvalue weighted by molar-refractivity contribution is -0.151. The summed E-state index contributed by atoms with van der Waals surface area (Å²) in [5, 5.41) is 60.6. The van der Waals surface area contributed by atoms with Crippen molar-refractivity contribution in [3.63, 3.8) is 0 Å². The average molecular weight is 1460 g/mol. The first-order chi connectivity index (χ1) is 50.6. The first-order valence-electron chi connectivity index (χ1n) is 35.8. The van der Waals surface area contributed by atoms with Gasteiger partial charge in [-0.15, -0.1) is 13.2 Å². The van der Waals surface area contributed by atoms with Gasteiger partial charge in [-0.3, -0.25) is 29.2 Å². The molecule has 0 spiro atoms. The van der Waals surface area contributed by atoms with Crippen LogP contribution in [0.5, 0.6) is 23.0 Å². The summed E-state index contributed by atoms with van der Waals surface area (Å²) in [7, 11) is 3.22. The van der Waals surface area contributed by atoms with Crippen molar-refractivity contribution < 1.29 is 86.2 Å². The Balaban J connectivity index is 0.000000196. The molecule has 2 aliphatic carbocycles. The van der Waals surface area contributed by atoms with Crippen molar-refractivity contribution in [2.24, 2.45) is 0 Å². The third kappa shape index (κ3) is 12.2. The van der Waals surface area contributed by atoms with Crippen LogP contribution in [-0.4, -0.2) is 223 Å². The number of benzene rings is 4. The molecule has 0 aromatic heterocycles. The van der Waals surface area contributed by atoms with E-state index in [1.807, 2.05) is 61.2 Å². The number of hydrogen-bond donors (Lipinski definition) is 3. The number of aryl methyl sites for hydroxylation is 2. The molecule has 558 valence electrons. The van der Waals surface area contributed by atoms with Crippen LogP contribution in [0.4, 0.5) is 0 Å². The lowest BCUT2D eigenvalue weighted by atomic mass is 9.64. The Bertz CT molecular complexity index is 4220. The van der Waals surface area contributed by atoms with E-state index >= 15 is 0 Å². The Morgan fingerprint density at radius 3 is 1.39 bits per heavy atom. The molecule has 8 aliphatic heterocycles. The Labute approximate surface area is 614 Å². The quantitative estimate of drug-likeness (QED) is 0.0279. The van der Waals surface area contributed by atoms with Gasteiger partial charge in [0, 0.05) is 97.7 Å². The van der Waals surface area contributed by atoms with Crippen LogP contribution in [-0.2, 0) is 64.8 Å². The maximum atomic E-state index is 14.9. The van der Waals surface area contributed by atoms with Gasteiger partial charge in [-0.1, -0.05) is 106 Å². The Kier molecular flexibility index (Phi) is 21.6.